The molecular weight excluding hydrogens is 1130 g/mol. The number of allylic oxidation sites excluding steroid dienone is 3. The van der Waals surface area contributed by atoms with Crippen molar-refractivity contribution in [3.63, 3.8) is 0 Å². The van der Waals surface area contributed by atoms with Crippen LogP contribution in [0.15, 0.2) is 70.6 Å². The van der Waals surface area contributed by atoms with Crippen LogP contribution in [0.5, 0.6) is 5.75 Å². The van der Waals surface area contributed by atoms with Gasteiger partial charge < -0.3 is 57.1 Å². The Balaban J connectivity index is 1.00. The quantitative estimate of drug-likeness (QED) is 0.0324. The van der Waals surface area contributed by atoms with E-state index in [4.69, 9.17) is 21.2 Å². The first-order valence-electron chi connectivity index (χ1n) is 33.3. The summed E-state index contributed by atoms with van der Waals surface area (Å²) in [4.78, 5) is 53.6. The van der Waals surface area contributed by atoms with Gasteiger partial charge in [-0.25, -0.2) is 0 Å². The Bertz CT molecular complexity index is 3080. The third-order valence-electron chi connectivity index (χ3n) is 25.5. The lowest BCUT2D eigenvalue weighted by atomic mass is 9.34. The van der Waals surface area contributed by atoms with Gasteiger partial charge in [-0.15, -0.1) is 5.92 Å². The number of cyclic esters (lactones) is 1. The second-order valence-corrected chi connectivity index (χ2v) is 32.4. The van der Waals surface area contributed by atoms with Gasteiger partial charge in [0, 0.05) is 84.2 Å². The number of aliphatic hydroxyl groups is 5. The number of H-pyrrole nitrogens is 1. The van der Waals surface area contributed by atoms with Crippen LogP contribution < -0.4 is 16.8 Å². The Kier molecular flexibility index (Phi) is 17.0. The molecule has 8 fully saturated rings. The number of carbonyl (C=O) groups is 3. The van der Waals surface area contributed by atoms with Crippen molar-refractivity contribution in [1.29, 1.82) is 0 Å². The minimum absolute atomic E-state index is 0.0173. The van der Waals surface area contributed by atoms with E-state index in [1.54, 1.807) is 40.6 Å². The fourth-order valence-electron chi connectivity index (χ4n) is 22.0. The molecule has 12 N–H and O–H groups in total. The molecule has 0 radical (unpaired) electrons. The number of rotatable bonds is 6. The number of benzene rings is 1. The molecule has 2 aliphatic heterocycles. The molecule has 15 nitrogen and oxygen atoms in total. The molecule has 2 saturated heterocycles. The van der Waals surface area contributed by atoms with Crippen molar-refractivity contribution in [2.45, 2.75) is 178 Å². The van der Waals surface area contributed by atoms with Crippen molar-refractivity contribution >= 4 is 45.1 Å². The van der Waals surface area contributed by atoms with Gasteiger partial charge in [0.05, 0.1) is 54.3 Å². The Morgan fingerprint density at radius 2 is 1.63 bits per heavy atom. The smallest absolute Gasteiger partial charge is 0.313 e. The number of hydrogen-bond donors (Lipinski definition) is 10. The van der Waals surface area contributed by atoms with E-state index in [0.29, 0.717) is 54.6 Å². The molecule has 11 aliphatic rings. The third kappa shape index (κ3) is 10.4. The number of esters is 1. The van der Waals surface area contributed by atoms with E-state index in [1.165, 1.54) is 5.57 Å². The number of carbonyl (C=O) groups excluding carboxylic acids is 3. The fourth-order valence-corrected chi connectivity index (χ4v) is 24.8. The zero-order valence-electron chi connectivity index (χ0n) is 51.2. The lowest BCUT2D eigenvalue weighted by Gasteiger charge is -2.70. The van der Waals surface area contributed by atoms with E-state index in [-0.39, 0.29) is 128 Å². The Labute approximate surface area is 521 Å². The summed E-state index contributed by atoms with van der Waals surface area (Å²) in [7, 11) is 3.19. The zero-order valence-corrected chi connectivity index (χ0v) is 52.8. The maximum atomic E-state index is 16.8. The molecule has 0 amide bonds. The summed E-state index contributed by atoms with van der Waals surface area (Å²) in [5.74, 6) is 4.19. The molecule has 3 heterocycles. The van der Waals surface area contributed by atoms with Gasteiger partial charge in [-0.3, -0.25) is 19.4 Å². The van der Waals surface area contributed by atoms with Crippen molar-refractivity contribution < 1.29 is 49.8 Å². The number of nitrogens with two attached hydrogens (primary N) is 2. The van der Waals surface area contributed by atoms with Crippen LogP contribution in [0.25, 0.3) is 0 Å². The first kappa shape index (κ1) is 61.6. The molecule has 9 aliphatic carbocycles. The summed E-state index contributed by atoms with van der Waals surface area (Å²) in [5.41, 5.74) is 10.8. The fraction of sp³-hybridized carbons (Fsp3) is 0.714. The predicted octanol–water partition coefficient (Wildman–Crippen LogP) is 8.69. The molecule has 13 rings (SSSR count). The number of aromatic nitrogens is 1. The van der Waals surface area contributed by atoms with Gasteiger partial charge in [-0.1, -0.05) is 84.4 Å². The van der Waals surface area contributed by atoms with Crippen LogP contribution in [0.4, 0.5) is 0 Å². The average molecular weight is 1230 g/mol. The largest absolute Gasteiger partial charge is 0.508 e. The van der Waals surface area contributed by atoms with Crippen LogP contribution in [0.2, 0.25) is 0 Å². The van der Waals surface area contributed by atoms with Crippen LogP contribution in [0.1, 0.15) is 159 Å². The van der Waals surface area contributed by atoms with Gasteiger partial charge in [0.15, 0.2) is 17.5 Å². The highest BCUT2D eigenvalue weighted by Gasteiger charge is 2.80. The normalized spacial score (nSPS) is 45.1. The number of hydrogen-bond acceptors (Lipinski definition) is 14. The second-order valence-electron chi connectivity index (χ2n) is 29.8. The number of Topliss-reactive ketones (excluding diaryl/α,β-unsaturated/α-hetero) is 2. The van der Waals surface area contributed by atoms with Crippen LogP contribution in [-0.2, 0) is 19.1 Å². The Hall–Kier alpha value is -4.28. The van der Waals surface area contributed by atoms with Crippen LogP contribution >= 0.6 is 21.6 Å². The standard InChI is InChI=1S/C70H95N5O10S2/c1-37-12-13-40-17-21-50-38(2)25-56(79)67(3,83)64-43(9-7-8-41(27-52(50)51(40)24-37)53-34-85-65(82)57(53)44-22-23-73-31-44)29-70(84)60-58(42-14-18-47(32-75-66(71)72)69(64,70)28-42)68(46-10-5-4-6-11-46)30-55(78)62(80)54-36-87-86-35-45(39-15-19-48(76)20-16-39)26-49(77)33-74-61(60)63(81)59(54)68/h15-17,19-20,22-23,31,37-38,41-43,45-47,50-59,62,64,73-74,76,78-80,83-84H,4-6,9-14,18,21,24-30,32-36H2,1-3H3,(H4,71,72,75)/t37-,38-,41-,42-,43+,45+,47+,50+,51+,52-,53+,54+,55+,56-,57+,58+,59+,62-,64-,67+,68+,69+,70-/m1/s1. The number of ketones is 2. The van der Waals surface area contributed by atoms with Crippen molar-refractivity contribution in [3.05, 3.63) is 76.8 Å². The number of aromatic hydroxyl groups is 1. The predicted molar refractivity (Wildman–Crippen MR) is 337 cm³/mol. The molecule has 4 bridgehead atoms. The maximum Gasteiger partial charge on any atom is 0.313 e. The van der Waals surface area contributed by atoms with E-state index in [1.807, 2.05) is 30.6 Å². The minimum atomic E-state index is -1.86. The van der Waals surface area contributed by atoms with Crippen molar-refractivity contribution in [2.75, 3.05) is 31.2 Å². The van der Waals surface area contributed by atoms with Gasteiger partial charge >= 0.3 is 5.97 Å². The van der Waals surface area contributed by atoms with E-state index < -0.39 is 81.8 Å². The molecule has 17 heteroatoms. The van der Waals surface area contributed by atoms with Crippen molar-refractivity contribution in [2.24, 2.45) is 116 Å². The minimum Gasteiger partial charge on any atom is -0.508 e. The summed E-state index contributed by atoms with van der Waals surface area (Å²) in [6, 6.07) is 8.93. The number of nitrogens with zero attached hydrogens (tertiary/aromatic N) is 1. The molecule has 6 saturated carbocycles. The summed E-state index contributed by atoms with van der Waals surface area (Å²) in [6.07, 6.45) is 14.8. The molecule has 0 unspecified atom stereocenters. The van der Waals surface area contributed by atoms with E-state index in [9.17, 15) is 35.1 Å². The number of aliphatic imine (C=N–C) groups is 1. The lowest BCUT2D eigenvalue weighted by Crippen LogP contribution is -2.73. The number of aliphatic hydroxyl groups excluding tert-OH is 3. The van der Waals surface area contributed by atoms with Gasteiger partial charge in [0.1, 0.15) is 5.75 Å². The maximum absolute atomic E-state index is 16.8. The average Bonchev–Trinajstić information content (AvgIpc) is 1.62. The molecule has 1 spiro atoms. The number of phenols is 1. The van der Waals surface area contributed by atoms with Crippen LogP contribution in [-0.4, -0.2) is 120 Å². The topological polar surface area (TPSA) is 274 Å². The van der Waals surface area contributed by atoms with E-state index in [0.717, 1.165) is 75.3 Å². The van der Waals surface area contributed by atoms with Gasteiger partial charge in [0.2, 0.25) is 0 Å². The summed E-state index contributed by atoms with van der Waals surface area (Å²) < 4.78 is 6.03. The van der Waals surface area contributed by atoms with Crippen LogP contribution in [0.3, 0.4) is 0 Å². The highest BCUT2D eigenvalue weighted by molar-refractivity contribution is 8.76. The highest BCUT2D eigenvalue weighted by Crippen LogP contribution is 2.78. The summed E-state index contributed by atoms with van der Waals surface area (Å²) in [6.45, 7) is 6.57. The molecule has 87 heavy (non-hydrogen) atoms. The molecule has 23 atom stereocenters. The monoisotopic (exact) mass is 1230 g/mol. The number of guanidine groups is 1. The van der Waals surface area contributed by atoms with Crippen LogP contribution in [0, 0.1) is 111 Å². The molecular formula is C70H95N5O10S2. The second kappa shape index (κ2) is 24.1. The molecule has 472 valence electrons. The number of fused-ring (bicyclic) bond motifs is 10. The molecule has 1 aromatic carbocycles. The summed E-state index contributed by atoms with van der Waals surface area (Å²) >= 11 is 0. The Morgan fingerprint density at radius 3 is 2.39 bits per heavy atom. The van der Waals surface area contributed by atoms with Gasteiger partial charge in [-0.05, 0) is 190 Å². The van der Waals surface area contributed by atoms with Gasteiger partial charge in [-0.2, -0.15) is 0 Å². The number of ether oxygens (including phenoxy) is 1. The molecule has 1 aromatic heterocycles. The lowest BCUT2D eigenvalue weighted by molar-refractivity contribution is -0.239. The third-order valence-corrected chi connectivity index (χ3v) is 28.1. The zero-order chi connectivity index (χ0) is 60.9. The number of aromatic amines is 1. The number of nitrogens with one attached hydrogen (secondary N) is 2. The van der Waals surface area contributed by atoms with E-state index in [2.05, 4.69) is 42.1 Å². The first-order chi connectivity index (χ1) is 41.8. The Morgan fingerprint density at radius 1 is 0.851 bits per heavy atom. The van der Waals surface area contributed by atoms with Crippen molar-refractivity contribution in [3.8, 4) is 17.6 Å². The van der Waals surface area contributed by atoms with E-state index >= 15 is 9.90 Å². The number of phenolic OH excluding ortho intramolecular Hbond substituents is 1. The highest BCUT2D eigenvalue weighted by atomic mass is 33.1. The van der Waals surface area contributed by atoms with Crippen molar-refractivity contribution in [1.82, 2.24) is 10.3 Å². The SMILES string of the molecule is C[C@@H]1CCC2=CC[C@@H]3[C@@H](C[C@H]([C@@H]4COC(=O)[C@H]4c4cc[nH]c4)C#CC[C@H]4C[C@@]5(O)C6=C7NCC(=O)C[C@H](c8ccc(O)cc8)CSSC[C@@H]8[C@@H](O)[C@@H](O)C[C@](C9CCCCC9)([C@H]6[C@@H]6CC[C@@H](CN=C(N)N)[C@@]5(C6)[C@H]4[C@@](C)(O)[C@H](O)C[C@H]3C)[C@@H]8C7=O)[C@H]2C1. The molecule has 2 aromatic rings. The summed E-state index contributed by atoms with van der Waals surface area (Å²) in [5, 5.41) is 81.9. The van der Waals surface area contributed by atoms with Gasteiger partial charge in [0.25, 0.3) is 0 Å². The first-order valence-corrected chi connectivity index (χ1v) is 35.8.